The molecule has 8 heteroatoms. The fourth-order valence-corrected chi connectivity index (χ4v) is 1.64. The number of amides is 2. The minimum absolute atomic E-state index is 0.107. The highest BCUT2D eigenvalue weighted by atomic mass is 32.1. The maximum atomic E-state index is 11.9. The van der Waals surface area contributed by atoms with Crippen molar-refractivity contribution in [2.24, 2.45) is 0 Å². The van der Waals surface area contributed by atoms with E-state index in [0.29, 0.717) is 5.56 Å². The van der Waals surface area contributed by atoms with Crippen LogP contribution >= 0.6 is 12.2 Å². The van der Waals surface area contributed by atoms with Crippen LogP contribution in [0.4, 0.5) is 0 Å². The minimum atomic E-state index is -0.630. The molecule has 0 atom stereocenters. The van der Waals surface area contributed by atoms with Crippen LogP contribution in [0, 0.1) is 6.92 Å². The summed E-state index contributed by atoms with van der Waals surface area (Å²) < 4.78 is 4.62. The Labute approximate surface area is 139 Å². The van der Waals surface area contributed by atoms with Gasteiger partial charge >= 0.3 is 5.97 Å². The van der Waals surface area contributed by atoms with Crippen LogP contribution < -0.4 is 16.2 Å². The number of aryl methyl sites for hydroxylation is 1. The summed E-state index contributed by atoms with van der Waals surface area (Å²) in [6, 6.07) is 6.98. The second-order valence-electron chi connectivity index (χ2n) is 4.35. The van der Waals surface area contributed by atoms with Crippen molar-refractivity contribution in [1.29, 1.82) is 0 Å². The predicted molar refractivity (Wildman–Crippen MR) is 88.3 cm³/mol. The summed E-state index contributed by atoms with van der Waals surface area (Å²) >= 11 is 4.85. The quantitative estimate of drug-likeness (QED) is 0.325. The zero-order valence-corrected chi connectivity index (χ0v) is 13.5. The lowest BCUT2D eigenvalue weighted by atomic mass is 10.1. The molecule has 0 aromatic heterocycles. The average molecular weight is 335 g/mol. The molecule has 7 nitrogen and oxygen atoms in total. The van der Waals surface area contributed by atoms with Crippen molar-refractivity contribution < 1.29 is 19.1 Å². The number of nitrogens with one attached hydrogen (secondary N) is 3. The van der Waals surface area contributed by atoms with Crippen molar-refractivity contribution >= 4 is 35.1 Å². The number of rotatable bonds is 4. The molecule has 2 amide bonds. The van der Waals surface area contributed by atoms with Gasteiger partial charge in [0.2, 0.25) is 5.91 Å². The first-order valence-corrected chi connectivity index (χ1v) is 7.16. The topological polar surface area (TPSA) is 96.5 Å². The van der Waals surface area contributed by atoms with E-state index >= 15 is 0 Å². The molecule has 1 aromatic carbocycles. The SMILES string of the molecule is CCOC(=O)C=CC(=O)NC(=S)NNC(=O)c1cccc(C)c1. The van der Waals surface area contributed by atoms with Crippen molar-refractivity contribution in [2.75, 3.05) is 6.61 Å². The van der Waals surface area contributed by atoms with Gasteiger partial charge in [-0.1, -0.05) is 17.7 Å². The smallest absolute Gasteiger partial charge is 0.330 e. The van der Waals surface area contributed by atoms with Gasteiger partial charge in [0.1, 0.15) is 0 Å². The Morgan fingerprint density at radius 2 is 1.96 bits per heavy atom. The van der Waals surface area contributed by atoms with Gasteiger partial charge in [-0.2, -0.15) is 0 Å². The normalized spacial score (nSPS) is 10.0. The second kappa shape index (κ2) is 9.31. The Morgan fingerprint density at radius 1 is 1.22 bits per heavy atom. The molecule has 0 unspecified atom stereocenters. The van der Waals surface area contributed by atoms with E-state index in [1.807, 2.05) is 13.0 Å². The van der Waals surface area contributed by atoms with Gasteiger partial charge in [0, 0.05) is 17.7 Å². The molecule has 1 rings (SSSR count). The predicted octanol–water partition coefficient (Wildman–Crippen LogP) is 0.750. The van der Waals surface area contributed by atoms with E-state index < -0.39 is 17.8 Å². The van der Waals surface area contributed by atoms with E-state index in [-0.39, 0.29) is 11.7 Å². The zero-order valence-electron chi connectivity index (χ0n) is 12.7. The number of hydrazine groups is 1. The highest BCUT2D eigenvalue weighted by Gasteiger charge is 2.07. The molecule has 1 aromatic rings. The van der Waals surface area contributed by atoms with Crippen LogP contribution in [0.15, 0.2) is 36.4 Å². The van der Waals surface area contributed by atoms with Gasteiger partial charge in [-0.25, -0.2) is 4.79 Å². The van der Waals surface area contributed by atoms with Crippen LogP contribution in [0.25, 0.3) is 0 Å². The molecule has 0 aliphatic heterocycles. The number of benzene rings is 1. The van der Waals surface area contributed by atoms with Crippen LogP contribution in [-0.4, -0.2) is 29.5 Å². The summed E-state index contributed by atoms with van der Waals surface area (Å²) in [6.45, 7) is 3.74. The van der Waals surface area contributed by atoms with Crippen molar-refractivity contribution in [3.05, 3.63) is 47.5 Å². The molecule has 0 spiro atoms. The monoisotopic (exact) mass is 335 g/mol. The van der Waals surface area contributed by atoms with Gasteiger partial charge in [0.15, 0.2) is 5.11 Å². The Bertz CT molecular complexity index is 643. The molecule has 23 heavy (non-hydrogen) atoms. The van der Waals surface area contributed by atoms with Crippen molar-refractivity contribution in [2.45, 2.75) is 13.8 Å². The Hall–Kier alpha value is -2.74. The summed E-state index contributed by atoms with van der Waals surface area (Å²) in [6.07, 6.45) is 1.96. The molecule has 0 bridgehead atoms. The molecule has 0 saturated carbocycles. The fourth-order valence-electron chi connectivity index (χ4n) is 1.49. The lowest BCUT2D eigenvalue weighted by Gasteiger charge is -2.09. The lowest BCUT2D eigenvalue weighted by Crippen LogP contribution is -2.48. The maximum Gasteiger partial charge on any atom is 0.330 e. The summed E-state index contributed by atoms with van der Waals surface area (Å²) in [7, 11) is 0. The highest BCUT2D eigenvalue weighted by molar-refractivity contribution is 7.80. The van der Waals surface area contributed by atoms with Crippen molar-refractivity contribution in [3.63, 3.8) is 0 Å². The fraction of sp³-hybridized carbons (Fsp3) is 0.200. The first-order valence-electron chi connectivity index (χ1n) is 6.75. The number of esters is 1. The molecule has 0 saturated heterocycles. The number of hydrogen-bond donors (Lipinski definition) is 3. The first kappa shape index (κ1) is 18.3. The van der Waals surface area contributed by atoms with Crippen LogP contribution in [0.1, 0.15) is 22.8 Å². The average Bonchev–Trinajstić information content (AvgIpc) is 2.51. The van der Waals surface area contributed by atoms with Crippen LogP contribution in [-0.2, 0) is 14.3 Å². The second-order valence-corrected chi connectivity index (χ2v) is 4.76. The van der Waals surface area contributed by atoms with Gasteiger partial charge in [0.25, 0.3) is 5.91 Å². The third-order valence-corrected chi connectivity index (χ3v) is 2.67. The molecular formula is C15H17N3O4S. The Morgan fingerprint density at radius 3 is 2.61 bits per heavy atom. The van der Waals surface area contributed by atoms with Crippen LogP contribution in [0.5, 0.6) is 0 Å². The third-order valence-electron chi connectivity index (χ3n) is 2.46. The van der Waals surface area contributed by atoms with Gasteiger partial charge in [-0.15, -0.1) is 0 Å². The van der Waals surface area contributed by atoms with Gasteiger partial charge in [0.05, 0.1) is 6.61 Å². The molecule has 0 heterocycles. The standard InChI is InChI=1S/C15H17N3O4S/c1-3-22-13(20)8-7-12(19)16-15(23)18-17-14(21)11-6-4-5-10(2)9-11/h4-9H,3H2,1-2H3,(H,17,21)(H2,16,18,19,23). The Balaban J connectivity index is 2.40. The number of carbonyl (C=O) groups is 3. The molecule has 0 aliphatic rings. The largest absolute Gasteiger partial charge is 0.463 e. The van der Waals surface area contributed by atoms with Crippen LogP contribution in [0.2, 0.25) is 0 Å². The maximum absolute atomic E-state index is 11.9. The summed E-state index contributed by atoms with van der Waals surface area (Å²) in [5, 5.41) is 2.16. The molecule has 0 fully saturated rings. The van der Waals surface area contributed by atoms with E-state index in [1.54, 1.807) is 25.1 Å². The van der Waals surface area contributed by atoms with E-state index in [2.05, 4.69) is 20.9 Å². The molecule has 3 N–H and O–H groups in total. The summed E-state index contributed by atoms with van der Waals surface area (Å²) in [5.74, 6) is -1.65. The number of hydrogen-bond acceptors (Lipinski definition) is 5. The van der Waals surface area contributed by atoms with Gasteiger partial charge in [-0.3, -0.25) is 25.8 Å². The molecule has 122 valence electrons. The van der Waals surface area contributed by atoms with E-state index in [4.69, 9.17) is 12.2 Å². The number of carbonyl (C=O) groups excluding carboxylic acids is 3. The van der Waals surface area contributed by atoms with Gasteiger partial charge < -0.3 is 4.74 Å². The van der Waals surface area contributed by atoms with Crippen molar-refractivity contribution in [1.82, 2.24) is 16.2 Å². The van der Waals surface area contributed by atoms with E-state index in [9.17, 15) is 14.4 Å². The van der Waals surface area contributed by atoms with Crippen LogP contribution in [0.3, 0.4) is 0 Å². The van der Waals surface area contributed by atoms with Gasteiger partial charge in [-0.05, 0) is 38.2 Å². The lowest BCUT2D eigenvalue weighted by molar-refractivity contribution is -0.137. The van der Waals surface area contributed by atoms with Crippen molar-refractivity contribution in [3.8, 4) is 0 Å². The summed E-state index contributed by atoms with van der Waals surface area (Å²) in [5.41, 5.74) is 6.14. The zero-order chi connectivity index (χ0) is 17.2. The van der Waals surface area contributed by atoms with E-state index in [1.165, 1.54) is 0 Å². The summed E-state index contributed by atoms with van der Waals surface area (Å²) in [4.78, 5) is 34.4. The number of ether oxygens (including phenoxy) is 1. The van der Waals surface area contributed by atoms with E-state index in [0.717, 1.165) is 17.7 Å². The highest BCUT2D eigenvalue weighted by Crippen LogP contribution is 2.02. The first-order chi connectivity index (χ1) is 10.9. The molecule has 0 radical (unpaired) electrons. The molecular weight excluding hydrogens is 318 g/mol. The number of thiocarbonyl (C=S) groups is 1. The minimum Gasteiger partial charge on any atom is -0.463 e. The molecule has 0 aliphatic carbocycles. The Kier molecular flexibility index (Phi) is 7.41. The third kappa shape index (κ3) is 7.18.